The highest BCUT2D eigenvalue weighted by Gasteiger charge is 2.21. The molecule has 1 N–H and O–H groups in total. The van der Waals surface area contributed by atoms with Crippen LogP contribution in [0.2, 0.25) is 0 Å². The van der Waals surface area contributed by atoms with E-state index in [9.17, 15) is 4.79 Å². The fraction of sp³-hybridized carbons (Fsp3) is 0.185. The smallest absolute Gasteiger partial charge is 0.255 e. The standard InChI is InChI=1S/C27H27N3O4/c1-32-23-12-8-7-11-21(23)26-22(18-30(29-26)20-9-5-4-6-10-20)27(31)28-16-15-19-13-14-24(33-2)25(17-19)34-3/h4-14,17-18H,15-16H2,1-3H3,(H,28,31). The summed E-state index contributed by atoms with van der Waals surface area (Å²) in [6, 6.07) is 23.0. The predicted molar refractivity (Wildman–Crippen MR) is 131 cm³/mol. The SMILES string of the molecule is COc1ccc(CCNC(=O)c2cn(-c3ccccc3)nc2-c2ccccc2OC)cc1OC. The Morgan fingerprint density at radius 2 is 1.56 bits per heavy atom. The number of hydrogen-bond donors (Lipinski definition) is 1. The van der Waals surface area contributed by atoms with Crippen molar-refractivity contribution in [2.45, 2.75) is 6.42 Å². The first kappa shape index (κ1) is 22.9. The molecule has 4 rings (SSSR count). The van der Waals surface area contributed by atoms with Crippen LogP contribution in [-0.2, 0) is 6.42 Å². The molecule has 4 aromatic rings. The summed E-state index contributed by atoms with van der Waals surface area (Å²) in [5.74, 6) is 1.78. The van der Waals surface area contributed by atoms with Crippen LogP contribution in [-0.4, -0.2) is 43.6 Å². The van der Waals surface area contributed by atoms with Gasteiger partial charge in [0.2, 0.25) is 0 Å². The highest BCUT2D eigenvalue weighted by molar-refractivity contribution is 6.00. The van der Waals surface area contributed by atoms with Gasteiger partial charge in [0, 0.05) is 18.3 Å². The molecular weight excluding hydrogens is 430 g/mol. The highest BCUT2D eigenvalue weighted by Crippen LogP contribution is 2.32. The molecule has 0 aliphatic rings. The van der Waals surface area contributed by atoms with Crippen LogP contribution in [0.25, 0.3) is 16.9 Å². The molecule has 0 atom stereocenters. The summed E-state index contributed by atoms with van der Waals surface area (Å²) in [6.45, 7) is 0.455. The molecule has 0 aliphatic heterocycles. The van der Waals surface area contributed by atoms with Crippen LogP contribution in [0.5, 0.6) is 17.2 Å². The zero-order valence-electron chi connectivity index (χ0n) is 19.4. The van der Waals surface area contributed by atoms with Gasteiger partial charge in [-0.2, -0.15) is 5.10 Å². The van der Waals surface area contributed by atoms with Gasteiger partial charge in [0.05, 0.1) is 32.6 Å². The number of carbonyl (C=O) groups is 1. The van der Waals surface area contributed by atoms with E-state index in [1.807, 2.05) is 72.8 Å². The third-order valence-electron chi connectivity index (χ3n) is 5.49. The Balaban J connectivity index is 1.58. The quantitative estimate of drug-likeness (QED) is 0.400. The molecule has 0 bridgehead atoms. The van der Waals surface area contributed by atoms with Crippen LogP contribution < -0.4 is 19.5 Å². The average Bonchev–Trinajstić information content (AvgIpc) is 3.34. The lowest BCUT2D eigenvalue weighted by atomic mass is 10.1. The monoisotopic (exact) mass is 457 g/mol. The third-order valence-corrected chi connectivity index (χ3v) is 5.49. The van der Waals surface area contributed by atoms with Gasteiger partial charge in [-0.1, -0.05) is 36.4 Å². The topological polar surface area (TPSA) is 74.6 Å². The van der Waals surface area contributed by atoms with E-state index in [2.05, 4.69) is 5.32 Å². The maximum Gasteiger partial charge on any atom is 0.255 e. The van der Waals surface area contributed by atoms with Gasteiger partial charge >= 0.3 is 0 Å². The molecule has 7 nitrogen and oxygen atoms in total. The van der Waals surface area contributed by atoms with E-state index >= 15 is 0 Å². The Morgan fingerprint density at radius 3 is 2.29 bits per heavy atom. The molecule has 0 radical (unpaired) electrons. The lowest BCUT2D eigenvalue weighted by Crippen LogP contribution is -2.26. The molecule has 0 unspecified atom stereocenters. The Morgan fingerprint density at radius 1 is 0.853 bits per heavy atom. The van der Waals surface area contributed by atoms with Crippen molar-refractivity contribution >= 4 is 5.91 Å². The first-order chi connectivity index (χ1) is 16.6. The molecule has 0 saturated carbocycles. The van der Waals surface area contributed by atoms with Gasteiger partial charge in [0.15, 0.2) is 11.5 Å². The number of benzene rings is 3. The number of aromatic nitrogens is 2. The van der Waals surface area contributed by atoms with Crippen LogP contribution in [0.4, 0.5) is 0 Å². The molecular formula is C27H27N3O4. The number of nitrogens with one attached hydrogen (secondary N) is 1. The summed E-state index contributed by atoms with van der Waals surface area (Å²) in [7, 11) is 4.82. The summed E-state index contributed by atoms with van der Waals surface area (Å²) in [5, 5.41) is 7.75. The maximum absolute atomic E-state index is 13.2. The Labute approximate surface area is 198 Å². The number of methoxy groups -OCH3 is 3. The van der Waals surface area contributed by atoms with Crippen molar-refractivity contribution in [2.75, 3.05) is 27.9 Å². The Hall–Kier alpha value is -4.26. The minimum atomic E-state index is -0.205. The molecule has 1 aromatic heterocycles. The van der Waals surface area contributed by atoms with E-state index in [-0.39, 0.29) is 5.91 Å². The predicted octanol–water partition coefficient (Wildman–Crippen LogP) is 4.54. The summed E-state index contributed by atoms with van der Waals surface area (Å²) in [4.78, 5) is 13.2. The summed E-state index contributed by atoms with van der Waals surface area (Å²) in [5.41, 5.74) is 3.68. The second-order valence-electron chi connectivity index (χ2n) is 7.57. The largest absolute Gasteiger partial charge is 0.496 e. The van der Waals surface area contributed by atoms with E-state index in [1.54, 1.807) is 32.2 Å². The minimum Gasteiger partial charge on any atom is -0.496 e. The molecule has 34 heavy (non-hydrogen) atoms. The molecule has 0 spiro atoms. The molecule has 7 heteroatoms. The number of rotatable bonds is 9. The van der Waals surface area contributed by atoms with Gasteiger partial charge in [0.1, 0.15) is 11.4 Å². The summed E-state index contributed by atoms with van der Waals surface area (Å²) in [6.07, 6.45) is 2.39. The van der Waals surface area contributed by atoms with E-state index in [0.717, 1.165) is 16.8 Å². The van der Waals surface area contributed by atoms with Gasteiger partial charge in [-0.05, 0) is 48.4 Å². The molecule has 174 valence electrons. The van der Waals surface area contributed by atoms with Crippen LogP contribution >= 0.6 is 0 Å². The molecule has 1 heterocycles. The molecule has 0 saturated heterocycles. The summed E-state index contributed by atoms with van der Waals surface area (Å²) >= 11 is 0. The third kappa shape index (κ3) is 4.88. The van der Waals surface area contributed by atoms with E-state index < -0.39 is 0 Å². The fourth-order valence-electron chi connectivity index (χ4n) is 3.74. The molecule has 3 aromatic carbocycles. The lowest BCUT2D eigenvalue weighted by Gasteiger charge is -2.10. The van der Waals surface area contributed by atoms with E-state index in [1.165, 1.54) is 0 Å². The normalized spacial score (nSPS) is 10.6. The van der Waals surface area contributed by atoms with Gasteiger partial charge < -0.3 is 19.5 Å². The van der Waals surface area contributed by atoms with Gasteiger partial charge in [0.25, 0.3) is 5.91 Å². The van der Waals surface area contributed by atoms with Gasteiger partial charge in [-0.25, -0.2) is 4.68 Å². The van der Waals surface area contributed by atoms with Crippen molar-refractivity contribution in [3.8, 4) is 34.2 Å². The van der Waals surface area contributed by atoms with E-state index in [0.29, 0.717) is 41.5 Å². The number of carbonyl (C=O) groups excluding carboxylic acids is 1. The number of amides is 1. The second-order valence-corrected chi connectivity index (χ2v) is 7.57. The second kappa shape index (κ2) is 10.6. The minimum absolute atomic E-state index is 0.205. The van der Waals surface area contributed by atoms with Gasteiger partial charge in [-0.3, -0.25) is 4.79 Å². The fourth-order valence-corrected chi connectivity index (χ4v) is 3.74. The first-order valence-corrected chi connectivity index (χ1v) is 10.9. The average molecular weight is 458 g/mol. The van der Waals surface area contributed by atoms with Crippen LogP contribution in [0.3, 0.4) is 0 Å². The van der Waals surface area contributed by atoms with Crippen molar-refractivity contribution in [2.24, 2.45) is 0 Å². The van der Waals surface area contributed by atoms with Crippen LogP contribution in [0.15, 0.2) is 79.0 Å². The molecule has 0 aliphatic carbocycles. The Kier molecular flexibility index (Phi) is 7.13. The van der Waals surface area contributed by atoms with Crippen molar-refractivity contribution in [3.63, 3.8) is 0 Å². The van der Waals surface area contributed by atoms with Gasteiger partial charge in [-0.15, -0.1) is 0 Å². The number of para-hydroxylation sites is 2. The zero-order chi connectivity index (χ0) is 23.9. The summed E-state index contributed by atoms with van der Waals surface area (Å²) < 4.78 is 17.9. The zero-order valence-corrected chi connectivity index (χ0v) is 19.4. The van der Waals surface area contributed by atoms with Crippen molar-refractivity contribution in [1.82, 2.24) is 15.1 Å². The van der Waals surface area contributed by atoms with Crippen molar-refractivity contribution in [3.05, 3.63) is 90.1 Å². The van der Waals surface area contributed by atoms with Crippen molar-refractivity contribution in [1.29, 1.82) is 0 Å². The van der Waals surface area contributed by atoms with Crippen LogP contribution in [0.1, 0.15) is 15.9 Å². The molecule has 1 amide bonds. The van der Waals surface area contributed by atoms with Crippen molar-refractivity contribution < 1.29 is 19.0 Å². The van der Waals surface area contributed by atoms with Crippen LogP contribution in [0, 0.1) is 0 Å². The molecule has 0 fully saturated rings. The highest BCUT2D eigenvalue weighted by atomic mass is 16.5. The Bertz CT molecular complexity index is 1270. The lowest BCUT2D eigenvalue weighted by molar-refractivity contribution is 0.0954. The first-order valence-electron chi connectivity index (χ1n) is 10.9. The maximum atomic E-state index is 13.2. The number of nitrogens with zero attached hydrogens (tertiary/aromatic N) is 2. The number of hydrogen-bond acceptors (Lipinski definition) is 5. The van der Waals surface area contributed by atoms with E-state index in [4.69, 9.17) is 19.3 Å². The number of ether oxygens (including phenoxy) is 3.